The van der Waals surface area contributed by atoms with E-state index in [0.29, 0.717) is 13.0 Å². The Kier molecular flexibility index (Phi) is 35.3. The fraction of sp³-hybridized carbons (Fsp3) is 0.978. The molecule has 0 aromatic carbocycles. The second kappa shape index (κ2) is 36.9. The summed E-state index contributed by atoms with van der Waals surface area (Å²) in [5.41, 5.74) is 0. The summed E-state index contributed by atoms with van der Waals surface area (Å²) in [7, 11) is -5.00. The third kappa shape index (κ3) is 28.8. The quantitative estimate of drug-likeness (QED) is 0.0194. The van der Waals surface area contributed by atoms with E-state index in [9.17, 15) is 39.8 Å². The molecule has 0 heterocycles. The third-order valence-electron chi connectivity index (χ3n) is 11.5. The standard InChI is InChI=1S/C45H89O12P/c1-3-5-7-9-11-12-13-14-15-16-17-18-19-20-21-22-23-24-25-26-27-29-31-33-35-54-36-38(56-39(46)34-32-30-28-10-8-6-4-2)37-55-58(52,53)57-45-43(50)41(48)40(47)42(49)44(45)51/h38,40-45,47-51H,3-37H2,1-2H3,(H,52,53). The minimum absolute atomic E-state index is 0.0690. The number of phosphoric ester groups is 1. The Labute approximate surface area is 353 Å². The van der Waals surface area contributed by atoms with Crippen molar-refractivity contribution in [2.75, 3.05) is 19.8 Å². The molecule has 1 fully saturated rings. The maximum Gasteiger partial charge on any atom is 0.472 e. The molecule has 1 aliphatic rings. The topological polar surface area (TPSA) is 192 Å². The number of phosphoric acid groups is 1. The zero-order valence-electron chi connectivity index (χ0n) is 36.9. The van der Waals surface area contributed by atoms with E-state index in [4.69, 9.17) is 18.5 Å². The highest BCUT2D eigenvalue weighted by atomic mass is 31.2. The summed E-state index contributed by atoms with van der Waals surface area (Å²) in [6.07, 6.45) is 26.5. The molecule has 0 radical (unpaired) electrons. The van der Waals surface area contributed by atoms with Crippen molar-refractivity contribution >= 4 is 13.8 Å². The summed E-state index contributed by atoms with van der Waals surface area (Å²) in [4.78, 5) is 23.0. The van der Waals surface area contributed by atoms with Crippen LogP contribution in [0.4, 0.5) is 0 Å². The van der Waals surface area contributed by atoms with Crippen molar-refractivity contribution < 1.29 is 58.3 Å². The maximum atomic E-state index is 12.8. The number of aliphatic hydroxyl groups excluding tert-OH is 5. The molecule has 0 spiro atoms. The summed E-state index contributed by atoms with van der Waals surface area (Å²) in [6.45, 7) is 4.23. The average molecular weight is 853 g/mol. The molecular formula is C45H89O12P. The van der Waals surface area contributed by atoms with Crippen LogP contribution in [0.2, 0.25) is 0 Å². The first-order valence-corrected chi connectivity index (χ1v) is 25.4. The van der Waals surface area contributed by atoms with E-state index in [1.807, 2.05) is 0 Å². The second-order valence-electron chi connectivity index (χ2n) is 17.0. The van der Waals surface area contributed by atoms with Crippen molar-refractivity contribution in [2.45, 2.75) is 262 Å². The number of ether oxygens (including phenoxy) is 2. The van der Waals surface area contributed by atoms with E-state index in [1.54, 1.807) is 0 Å². The molecule has 1 rings (SSSR count). The Hall–Kier alpha value is -0.660. The SMILES string of the molecule is CCCCCCCCCCCCCCCCCCCCCCCCCCOCC(COP(=O)(O)OC1C(O)C(O)C(O)C(O)C1O)OC(=O)CCCCCCCCC. The summed E-state index contributed by atoms with van der Waals surface area (Å²) in [5.74, 6) is -0.479. The third-order valence-corrected chi connectivity index (χ3v) is 12.5. The molecule has 58 heavy (non-hydrogen) atoms. The molecule has 1 saturated carbocycles. The monoisotopic (exact) mass is 853 g/mol. The van der Waals surface area contributed by atoms with Gasteiger partial charge in [0.05, 0.1) is 13.2 Å². The van der Waals surface area contributed by atoms with Gasteiger partial charge in [-0.1, -0.05) is 200 Å². The average Bonchev–Trinajstić information content (AvgIpc) is 3.20. The summed E-state index contributed by atoms with van der Waals surface area (Å²) < 4.78 is 34.0. The Balaban J connectivity index is 2.21. The molecule has 1 aliphatic carbocycles. The normalized spacial score (nSPS) is 22.6. The van der Waals surface area contributed by atoms with Crippen LogP contribution in [0.15, 0.2) is 0 Å². The van der Waals surface area contributed by atoms with Crippen LogP contribution < -0.4 is 0 Å². The molecule has 0 aliphatic heterocycles. The number of carbonyl (C=O) groups is 1. The molecule has 0 aromatic heterocycles. The molecule has 13 heteroatoms. The molecule has 0 bridgehead atoms. The van der Waals surface area contributed by atoms with Crippen molar-refractivity contribution in [3.8, 4) is 0 Å². The van der Waals surface area contributed by atoms with Crippen LogP contribution in [0.5, 0.6) is 0 Å². The van der Waals surface area contributed by atoms with E-state index < -0.39 is 63.1 Å². The van der Waals surface area contributed by atoms with Crippen LogP contribution in [0, 0.1) is 0 Å². The Bertz CT molecular complexity index is 973. The van der Waals surface area contributed by atoms with Gasteiger partial charge in [0.1, 0.15) is 42.7 Å². The summed E-state index contributed by atoms with van der Waals surface area (Å²) in [5, 5.41) is 50.0. The van der Waals surface area contributed by atoms with Gasteiger partial charge in [-0.05, 0) is 12.8 Å². The van der Waals surface area contributed by atoms with Crippen molar-refractivity contribution in [1.82, 2.24) is 0 Å². The lowest BCUT2D eigenvalue weighted by Gasteiger charge is -2.41. The molecule has 12 nitrogen and oxygen atoms in total. The van der Waals surface area contributed by atoms with Gasteiger partial charge in [0.25, 0.3) is 0 Å². The molecule has 0 saturated heterocycles. The first-order valence-electron chi connectivity index (χ1n) is 23.9. The summed E-state index contributed by atoms with van der Waals surface area (Å²) in [6, 6.07) is 0. The fourth-order valence-electron chi connectivity index (χ4n) is 7.65. The number of hydrogen-bond donors (Lipinski definition) is 6. The number of unbranched alkanes of at least 4 members (excludes halogenated alkanes) is 29. The number of carbonyl (C=O) groups excluding carboxylic acids is 1. The minimum Gasteiger partial charge on any atom is -0.457 e. The predicted octanol–water partition coefficient (Wildman–Crippen LogP) is 9.76. The molecule has 0 amide bonds. The van der Waals surface area contributed by atoms with Crippen LogP contribution in [-0.4, -0.2) is 98.9 Å². The predicted molar refractivity (Wildman–Crippen MR) is 230 cm³/mol. The van der Waals surface area contributed by atoms with Gasteiger partial charge in [-0.25, -0.2) is 4.57 Å². The maximum absolute atomic E-state index is 12.8. The smallest absolute Gasteiger partial charge is 0.457 e. The molecular weight excluding hydrogens is 763 g/mol. The number of rotatable bonds is 41. The minimum atomic E-state index is -5.00. The van der Waals surface area contributed by atoms with Gasteiger partial charge in [-0.15, -0.1) is 0 Å². The van der Waals surface area contributed by atoms with Crippen LogP contribution in [-0.2, 0) is 27.9 Å². The largest absolute Gasteiger partial charge is 0.472 e. The van der Waals surface area contributed by atoms with Gasteiger partial charge < -0.3 is 39.9 Å². The highest BCUT2D eigenvalue weighted by Gasteiger charge is 2.51. The lowest BCUT2D eigenvalue weighted by molar-refractivity contribution is -0.220. The van der Waals surface area contributed by atoms with Crippen LogP contribution in [0.3, 0.4) is 0 Å². The van der Waals surface area contributed by atoms with Crippen molar-refractivity contribution in [1.29, 1.82) is 0 Å². The number of hydrogen-bond acceptors (Lipinski definition) is 11. The first-order chi connectivity index (χ1) is 28.0. The van der Waals surface area contributed by atoms with E-state index in [-0.39, 0.29) is 13.0 Å². The zero-order chi connectivity index (χ0) is 42.7. The molecule has 0 aromatic rings. The van der Waals surface area contributed by atoms with Crippen molar-refractivity contribution in [2.24, 2.45) is 0 Å². The van der Waals surface area contributed by atoms with Crippen molar-refractivity contribution in [3.05, 3.63) is 0 Å². The first kappa shape index (κ1) is 55.4. The lowest BCUT2D eigenvalue weighted by Crippen LogP contribution is -2.64. The molecule has 6 atom stereocenters. The van der Waals surface area contributed by atoms with Crippen molar-refractivity contribution in [3.63, 3.8) is 0 Å². The lowest BCUT2D eigenvalue weighted by atomic mass is 9.85. The summed E-state index contributed by atoms with van der Waals surface area (Å²) >= 11 is 0. The Morgan fingerprint density at radius 2 is 0.810 bits per heavy atom. The van der Waals surface area contributed by atoms with E-state index in [1.165, 1.54) is 148 Å². The number of aliphatic hydroxyl groups is 5. The van der Waals surface area contributed by atoms with Gasteiger partial charge in [-0.2, -0.15) is 0 Å². The van der Waals surface area contributed by atoms with E-state index in [0.717, 1.165) is 44.9 Å². The van der Waals surface area contributed by atoms with E-state index in [2.05, 4.69) is 13.8 Å². The zero-order valence-corrected chi connectivity index (χ0v) is 37.8. The highest BCUT2D eigenvalue weighted by molar-refractivity contribution is 7.47. The van der Waals surface area contributed by atoms with Gasteiger partial charge in [0, 0.05) is 13.0 Å². The molecule has 6 unspecified atom stereocenters. The molecule has 346 valence electrons. The fourth-order valence-corrected chi connectivity index (χ4v) is 8.62. The van der Waals surface area contributed by atoms with Gasteiger partial charge in [0.15, 0.2) is 0 Å². The van der Waals surface area contributed by atoms with Gasteiger partial charge >= 0.3 is 13.8 Å². The van der Waals surface area contributed by atoms with Crippen LogP contribution in [0.1, 0.15) is 219 Å². The van der Waals surface area contributed by atoms with Gasteiger partial charge in [-0.3, -0.25) is 13.8 Å². The Morgan fingerprint density at radius 3 is 1.19 bits per heavy atom. The number of esters is 1. The Morgan fingerprint density at radius 1 is 0.483 bits per heavy atom. The molecule has 6 N–H and O–H groups in total. The van der Waals surface area contributed by atoms with Crippen LogP contribution >= 0.6 is 7.82 Å². The van der Waals surface area contributed by atoms with E-state index >= 15 is 0 Å². The second-order valence-corrected chi connectivity index (χ2v) is 18.4. The van der Waals surface area contributed by atoms with Gasteiger partial charge in [0.2, 0.25) is 0 Å². The highest BCUT2D eigenvalue weighted by Crippen LogP contribution is 2.47. The van der Waals surface area contributed by atoms with Crippen LogP contribution in [0.25, 0.3) is 0 Å².